The molecule has 1 fully saturated rings. The fourth-order valence-electron chi connectivity index (χ4n) is 2.34. The van der Waals surface area contributed by atoms with Gasteiger partial charge in [-0.3, -0.25) is 9.59 Å². The average molecular weight is 338 g/mol. The van der Waals surface area contributed by atoms with E-state index in [1.165, 1.54) is 6.20 Å². The van der Waals surface area contributed by atoms with Crippen molar-refractivity contribution in [3.05, 3.63) is 34.6 Å². The van der Waals surface area contributed by atoms with Crippen LogP contribution in [0.1, 0.15) is 12.3 Å². The van der Waals surface area contributed by atoms with Gasteiger partial charge < -0.3 is 14.8 Å². The summed E-state index contributed by atoms with van der Waals surface area (Å²) in [4.78, 5) is 30.1. The number of nitrogens with zero attached hydrogens (tertiary/aromatic N) is 2. The molecule has 0 radical (unpaired) electrons. The van der Waals surface area contributed by atoms with Crippen LogP contribution in [-0.2, 0) is 21.2 Å². The van der Waals surface area contributed by atoms with Crippen LogP contribution in [0.4, 0.5) is 0 Å². The molecule has 0 aromatic carbocycles. The minimum atomic E-state index is -3.11. The second-order valence-electron chi connectivity index (χ2n) is 5.24. The Morgan fingerprint density at radius 1 is 1.48 bits per heavy atom. The molecule has 1 aliphatic heterocycles. The SMILES string of the molecule is O=C(NCc1nc(-c2ccc[nH]c2=O)no1)[C@H]1CCS(=O)(=O)C1. The van der Waals surface area contributed by atoms with Crippen LogP contribution in [0.3, 0.4) is 0 Å². The van der Waals surface area contributed by atoms with Gasteiger partial charge in [0, 0.05) is 6.20 Å². The number of H-pyrrole nitrogens is 1. The average Bonchev–Trinajstić information content (AvgIpc) is 3.12. The Kier molecular flexibility index (Phi) is 3.99. The molecule has 0 spiro atoms. The molecule has 1 atom stereocenters. The number of pyridine rings is 1. The number of carbonyl (C=O) groups excluding carboxylic acids is 1. The fourth-order valence-corrected chi connectivity index (χ4v) is 4.08. The van der Waals surface area contributed by atoms with Crippen molar-refractivity contribution in [2.75, 3.05) is 11.5 Å². The number of amides is 1. The topological polar surface area (TPSA) is 135 Å². The summed E-state index contributed by atoms with van der Waals surface area (Å²) in [6.45, 7) is -0.0207. The predicted octanol–water partition coefficient (Wildman–Crippen LogP) is -0.524. The summed E-state index contributed by atoms with van der Waals surface area (Å²) >= 11 is 0. The Labute approximate surface area is 131 Å². The highest BCUT2D eigenvalue weighted by molar-refractivity contribution is 7.91. The van der Waals surface area contributed by atoms with E-state index < -0.39 is 15.8 Å². The van der Waals surface area contributed by atoms with Crippen LogP contribution in [0.15, 0.2) is 27.6 Å². The number of hydrogen-bond acceptors (Lipinski definition) is 7. The van der Waals surface area contributed by atoms with Crippen LogP contribution < -0.4 is 10.9 Å². The van der Waals surface area contributed by atoms with Crippen molar-refractivity contribution in [3.63, 3.8) is 0 Å². The van der Waals surface area contributed by atoms with Crippen LogP contribution in [-0.4, -0.2) is 41.0 Å². The van der Waals surface area contributed by atoms with Crippen molar-refractivity contribution >= 4 is 15.7 Å². The van der Waals surface area contributed by atoms with Gasteiger partial charge in [0.15, 0.2) is 9.84 Å². The van der Waals surface area contributed by atoms with Gasteiger partial charge in [-0.1, -0.05) is 5.16 Å². The second-order valence-corrected chi connectivity index (χ2v) is 7.47. The van der Waals surface area contributed by atoms with Gasteiger partial charge in [-0.25, -0.2) is 8.42 Å². The maximum absolute atomic E-state index is 11.9. The summed E-state index contributed by atoms with van der Waals surface area (Å²) < 4.78 is 27.7. The first-order chi connectivity index (χ1) is 10.9. The molecule has 1 aliphatic rings. The third kappa shape index (κ3) is 3.47. The molecular weight excluding hydrogens is 324 g/mol. The van der Waals surface area contributed by atoms with Gasteiger partial charge in [-0.2, -0.15) is 4.98 Å². The summed E-state index contributed by atoms with van der Waals surface area (Å²) in [5.74, 6) is -0.736. The lowest BCUT2D eigenvalue weighted by atomic mass is 10.1. The zero-order chi connectivity index (χ0) is 16.4. The van der Waals surface area contributed by atoms with E-state index >= 15 is 0 Å². The minimum absolute atomic E-state index is 0.0207. The number of aromatic nitrogens is 3. The van der Waals surface area contributed by atoms with Crippen LogP contribution in [0.25, 0.3) is 11.4 Å². The molecule has 1 amide bonds. The summed E-state index contributed by atoms with van der Waals surface area (Å²) in [6.07, 6.45) is 1.81. The van der Waals surface area contributed by atoms with Crippen molar-refractivity contribution < 1.29 is 17.7 Å². The quantitative estimate of drug-likeness (QED) is 0.765. The lowest BCUT2D eigenvalue weighted by Gasteiger charge is -2.06. The van der Waals surface area contributed by atoms with E-state index in [1.807, 2.05) is 0 Å². The van der Waals surface area contributed by atoms with Crippen molar-refractivity contribution in [2.24, 2.45) is 5.92 Å². The Hall–Kier alpha value is -2.49. The molecular formula is C13H14N4O5S. The molecule has 0 saturated carbocycles. The number of rotatable bonds is 4. The molecule has 3 heterocycles. The summed E-state index contributed by atoms with van der Waals surface area (Å²) in [5, 5.41) is 6.27. The minimum Gasteiger partial charge on any atom is -0.347 e. The molecule has 0 bridgehead atoms. The first kappa shape index (κ1) is 15.4. The molecule has 0 aliphatic carbocycles. The summed E-state index contributed by atoms with van der Waals surface area (Å²) in [7, 11) is -3.11. The molecule has 2 aromatic rings. The van der Waals surface area contributed by atoms with Crippen LogP contribution in [0, 0.1) is 5.92 Å². The van der Waals surface area contributed by atoms with E-state index in [1.54, 1.807) is 12.1 Å². The Morgan fingerprint density at radius 2 is 2.30 bits per heavy atom. The van der Waals surface area contributed by atoms with E-state index in [9.17, 15) is 18.0 Å². The molecule has 9 nitrogen and oxygen atoms in total. The van der Waals surface area contributed by atoms with Crippen molar-refractivity contribution in [1.82, 2.24) is 20.4 Å². The molecule has 23 heavy (non-hydrogen) atoms. The lowest BCUT2D eigenvalue weighted by molar-refractivity contribution is -0.124. The second kappa shape index (κ2) is 5.95. The van der Waals surface area contributed by atoms with Crippen molar-refractivity contribution in [2.45, 2.75) is 13.0 Å². The third-order valence-electron chi connectivity index (χ3n) is 3.54. The van der Waals surface area contributed by atoms with Gasteiger partial charge in [-0.15, -0.1) is 0 Å². The molecule has 10 heteroatoms. The first-order valence-corrected chi connectivity index (χ1v) is 8.75. The van der Waals surface area contributed by atoms with E-state index in [0.717, 1.165) is 0 Å². The zero-order valence-corrected chi connectivity index (χ0v) is 12.8. The fraction of sp³-hybridized carbons (Fsp3) is 0.385. The maximum atomic E-state index is 11.9. The van der Waals surface area contributed by atoms with Crippen LogP contribution >= 0.6 is 0 Å². The van der Waals surface area contributed by atoms with E-state index in [4.69, 9.17) is 4.52 Å². The number of carbonyl (C=O) groups is 1. The zero-order valence-electron chi connectivity index (χ0n) is 12.0. The maximum Gasteiger partial charge on any atom is 0.259 e. The highest BCUT2D eigenvalue weighted by Gasteiger charge is 2.32. The molecule has 2 N–H and O–H groups in total. The Morgan fingerprint density at radius 3 is 3.00 bits per heavy atom. The van der Waals surface area contributed by atoms with Crippen molar-refractivity contribution in [1.29, 1.82) is 0 Å². The molecule has 122 valence electrons. The predicted molar refractivity (Wildman–Crippen MR) is 79.0 cm³/mol. The van der Waals surface area contributed by atoms with Gasteiger partial charge >= 0.3 is 0 Å². The normalized spacial score (nSPS) is 19.6. The van der Waals surface area contributed by atoms with E-state index in [0.29, 0.717) is 6.42 Å². The summed E-state index contributed by atoms with van der Waals surface area (Å²) in [5.41, 5.74) is -0.0873. The van der Waals surface area contributed by atoms with Crippen LogP contribution in [0.2, 0.25) is 0 Å². The summed E-state index contributed by atoms with van der Waals surface area (Å²) in [6, 6.07) is 3.19. The molecule has 1 saturated heterocycles. The van der Waals surface area contributed by atoms with Gasteiger partial charge in [-0.05, 0) is 18.6 Å². The Balaban J connectivity index is 1.63. The first-order valence-electron chi connectivity index (χ1n) is 6.93. The van der Waals surface area contributed by atoms with Gasteiger partial charge in [0.25, 0.3) is 5.56 Å². The van der Waals surface area contributed by atoms with E-state index in [2.05, 4.69) is 20.4 Å². The van der Waals surface area contributed by atoms with Crippen LogP contribution in [0.5, 0.6) is 0 Å². The number of hydrogen-bond donors (Lipinski definition) is 2. The largest absolute Gasteiger partial charge is 0.347 e. The van der Waals surface area contributed by atoms with Gasteiger partial charge in [0.05, 0.1) is 29.5 Å². The van der Waals surface area contributed by atoms with Gasteiger partial charge in [0.2, 0.25) is 17.6 Å². The van der Waals surface area contributed by atoms with E-state index in [-0.39, 0.29) is 46.8 Å². The molecule has 3 rings (SSSR count). The number of nitrogens with one attached hydrogen (secondary N) is 2. The van der Waals surface area contributed by atoms with Gasteiger partial charge in [0.1, 0.15) is 0 Å². The number of sulfone groups is 1. The lowest BCUT2D eigenvalue weighted by Crippen LogP contribution is -2.31. The Bertz CT molecular complexity index is 886. The van der Waals surface area contributed by atoms with Crippen molar-refractivity contribution in [3.8, 4) is 11.4 Å². The highest BCUT2D eigenvalue weighted by Crippen LogP contribution is 2.18. The third-order valence-corrected chi connectivity index (χ3v) is 5.31. The number of aromatic amines is 1. The molecule has 2 aromatic heterocycles. The monoisotopic (exact) mass is 338 g/mol. The smallest absolute Gasteiger partial charge is 0.259 e. The molecule has 0 unspecified atom stereocenters. The highest BCUT2D eigenvalue weighted by atomic mass is 32.2. The standard InChI is InChI=1S/C13H14N4O5S/c18-12(8-3-5-23(20,21)7-8)15-6-10-16-11(17-22-10)9-2-1-4-14-13(9)19/h1-2,4,8H,3,5-7H2,(H,14,19)(H,15,18)/t8-/m0/s1.